The molecule has 1 N–H and O–H groups in total. The summed E-state index contributed by atoms with van der Waals surface area (Å²) >= 11 is 0. The highest BCUT2D eigenvalue weighted by atomic mass is 32.2. The van der Waals surface area contributed by atoms with Gasteiger partial charge in [0.15, 0.2) is 0 Å². The molecule has 9 nitrogen and oxygen atoms in total. The van der Waals surface area contributed by atoms with Crippen molar-refractivity contribution in [2.75, 3.05) is 5.75 Å². The molecular weight excluding hydrogens is 566 g/mol. The van der Waals surface area contributed by atoms with Crippen molar-refractivity contribution in [3.63, 3.8) is 0 Å². The topological polar surface area (TPSA) is 133 Å². The number of halogens is 6. The maximum Gasteiger partial charge on any atom is 0.438 e. The van der Waals surface area contributed by atoms with Crippen LogP contribution in [0, 0.1) is 46.8 Å². The van der Waals surface area contributed by atoms with E-state index in [1.54, 1.807) is 0 Å². The third-order valence-electron chi connectivity index (χ3n) is 10.0. The average Bonchev–Trinajstić information content (AvgIpc) is 3.49. The first kappa shape index (κ1) is 27.1. The number of esters is 3. The van der Waals surface area contributed by atoms with E-state index in [1.807, 2.05) is 0 Å². The minimum atomic E-state index is -6.50. The summed E-state index contributed by atoms with van der Waals surface area (Å²) in [5.41, 5.74) is -6.34. The lowest BCUT2D eigenvalue weighted by Crippen LogP contribution is -2.64. The first-order valence-corrected chi connectivity index (χ1v) is 14.2. The summed E-state index contributed by atoms with van der Waals surface area (Å²) in [6.45, 7) is 0. The van der Waals surface area contributed by atoms with Crippen LogP contribution in [0.3, 0.4) is 0 Å². The molecule has 6 aliphatic carbocycles. The molecule has 0 radical (unpaired) electrons. The Balaban J connectivity index is 1.29. The summed E-state index contributed by atoms with van der Waals surface area (Å²) < 4.78 is 129. The Morgan fingerprint density at radius 2 is 1.56 bits per heavy atom. The van der Waals surface area contributed by atoms with E-state index in [0.29, 0.717) is 24.7 Å². The van der Waals surface area contributed by atoms with Crippen molar-refractivity contribution in [1.82, 2.24) is 0 Å². The van der Waals surface area contributed by atoms with Crippen molar-refractivity contribution in [1.29, 1.82) is 0 Å². The molecule has 8 atom stereocenters. The van der Waals surface area contributed by atoms with Gasteiger partial charge >= 0.3 is 35.9 Å². The molecule has 0 amide bonds. The van der Waals surface area contributed by atoms with E-state index >= 15 is 0 Å². The molecule has 1 heterocycles. The Morgan fingerprint density at radius 1 is 0.974 bits per heavy atom. The van der Waals surface area contributed by atoms with Crippen LogP contribution in [0.15, 0.2) is 0 Å². The van der Waals surface area contributed by atoms with Crippen LogP contribution in [0.25, 0.3) is 0 Å². The minimum Gasteiger partial charge on any atom is -0.458 e. The van der Waals surface area contributed by atoms with Gasteiger partial charge < -0.3 is 14.2 Å². The summed E-state index contributed by atoms with van der Waals surface area (Å²) in [6.07, 6.45) is -11.4. The van der Waals surface area contributed by atoms with Crippen molar-refractivity contribution in [3.05, 3.63) is 0 Å². The highest BCUT2D eigenvalue weighted by molar-refractivity contribution is 7.85. The van der Waals surface area contributed by atoms with Crippen LogP contribution in [0.4, 0.5) is 26.3 Å². The Hall–Kier alpha value is -2.10. The van der Waals surface area contributed by atoms with Gasteiger partial charge in [-0.25, -0.2) is 0 Å². The zero-order valence-corrected chi connectivity index (χ0v) is 20.9. The lowest BCUT2D eigenvalue weighted by Gasteiger charge is -2.38. The molecule has 7 fully saturated rings. The summed E-state index contributed by atoms with van der Waals surface area (Å²) in [4.78, 5) is 39.1. The first-order chi connectivity index (χ1) is 17.9. The highest BCUT2D eigenvalue weighted by Crippen LogP contribution is 2.67. The van der Waals surface area contributed by atoms with Gasteiger partial charge in [0, 0.05) is 11.8 Å². The van der Waals surface area contributed by atoms with Gasteiger partial charge in [0.25, 0.3) is 10.1 Å². The molecule has 0 aromatic rings. The third-order valence-corrected chi connectivity index (χ3v) is 10.8. The number of carbonyl (C=O) groups excluding carboxylic acids is 3. The first-order valence-electron chi connectivity index (χ1n) is 12.6. The van der Waals surface area contributed by atoms with Crippen LogP contribution in [0.2, 0.25) is 0 Å². The number of carbonyl (C=O) groups is 3. The highest BCUT2D eigenvalue weighted by Gasteiger charge is 2.78. The third kappa shape index (κ3) is 3.75. The van der Waals surface area contributed by atoms with E-state index in [2.05, 4.69) is 4.74 Å². The maximum absolute atomic E-state index is 13.7. The Morgan fingerprint density at radius 3 is 2.10 bits per heavy atom. The molecule has 6 saturated carbocycles. The fourth-order valence-electron chi connectivity index (χ4n) is 8.81. The van der Waals surface area contributed by atoms with E-state index in [1.165, 1.54) is 0 Å². The van der Waals surface area contributed by atoms with Crippen LogP contribution in [0.5, 0.6) is 0 Å². The van der Waals surface area contributed by atoms with Gasteiger partial charge in [0.2, 0.25) is 0 Å². The smallest absolute Gasteiger partial charge is 0.438 e. The summed E-state index contributed by atoms with van der Waals surface area (Å²) in [5.74, 6) is -11.3. The van der Waals surface area contributed by atoms with Crippen LogP contribution in [-0.2, 0) is 38.7 Å². The van der Waals surface area contributed by atoms with Crippen molar-refractivity contribution >= 4 is 28.0 Å². The van der Waals surface area contributed by atoms with Gasteiger partial charge in [-0.15, -0.1) is 0 Å². The quantitative estimate of drug-likeness (QED) is 0.215. The van der Waals surface area contributed by atoms with E-state index in [9.17, 15) is 49.1 Å². The normalized spacial score (nSPS) is 42.2. The lowest BCUT2D eigenvalue weighted by atomic mass is 9.75. The fourth-order valence-corrected chi connectivity index (χ4v) is 9.71. The standard InChI is InChI=1S/C23H24F6O9S/c24-22(25,26)21(23(27,28)29,7-39(33,34)35)38-18(31)14-12-4-11-13(14)17(30)36-15(11)16(12)37-19(32)20-5-8-1-9(6-20)3-10(20)2-8/h8-16H,1-7H2,(H,33,34,35). The van der Waals surface area contributed by atoms with Crippen molar-refractivity contribution < 1.29 is 67.9 Å². The van der Waals surface area contributed by atoms with E-state index < -0.39 is 93.0 Å². The molecule has 16 heteroatoms. The predicted octanol–water partition coefficient (Wildman–Crippen LogP) is 2.83. The molecule has 1 saturated heterocycles. The summed E-state index contributed by atoms with van der Waals surface area (Å²) in [5, 5.41) is 0. The number of fused-ring (bicyclic) bond motifs is 1. The molecule has 218 valence electrons. The number of hydrogen-bond acceptors (Lipinski definition) is 8. The Kier molecular flexibility index (Phi) is 5.56. The number of ether oxygens (including phenoxy) is 3. The monoisotopic (exact) mass is 590 g/mol. The van der Waals surface area contributed by atoms with Crippen LogP contribution in [0.1, 0.15) is 38.5 Å². The van der Waals surface area contributed by atoms with Gasteiger partial charge in [-0.3, -0.25) is 18.9 Å². The number of rotatable bonds is 6. The maximum atomic E-state index is 13.7. The molecule has 6 bridgehead atoms. The van der Waals surface area contributed by atoms with Gasteiger partial charge in [-0.2, -0.15) is 34.8 Å². The van der Waals surface area contributed by atoms with E-state index in [0.717, 1.165) is 19.3 Å². The van der Waals surface area contributed by atoms with Crippen molar-refractivity contribution in [2.24, 2.45) is 46.8 Å². The molecule has 0 spiro atoms. The van der Waals surface area contributed by atoms with Gasteiger partial charge in [-0.05, 0) is 56.3 Å². The molecular formula is C23H24F6O9S. The van der Waals surface area contributed by atoms with Crippen molar-refractivity contribution in [3.8, 4) is 0 Å². The van der Waals surface area contributed by atoms with Gasteiger partial charge in [-0.1, -0.05) is 0 Å². The Labute approximate surface area is 217 Å². The second-order valence-electron chi connectivity index (χ2n) is 12.1. The SMILES string of the molecule is O=C1OC2C3CC(C2OC(=O)C24CC5CC(CC2C5)C4)C(C(=O)OC(CS(=O)(=O)O)(C(F)(F)F)C(F)(F)F)C13. The number of alkyl halides is 6. The van der Waals surface area contributed by atoms with Gasteiger partial charge in [0.1, 0.15) is 18.0 Å². The zero-order chi connectivity index (χ0) is 28.5. The van der Waals surface area contributed by atoms with Crippen LogP contribution < -0.4 is 0 Å². The summed E-state index contributed by atoms with van der Waals surface area (Å²) in [7, 11) is -5.97. The Bertz CT molecular complexity index is 1200. The molecule has 7 rings (SSSR count). The molecule has 1 aliphatic heterocycles. The van der Waals surface area contributed by atoms with Crippen LogP contribution in [-0.4, -0.2) is 66.8 Å². The molecule has 0 aromatic heterocycles. The van der Waals surface area contributed by atoms with Crippen molar-refractivity contribution in [2.45, 2.75) is 68.7 Å². The van der Waals surface area contributed by atoms with Gasteiger partial charge in [0.05, 0.1) is 17.3 Å². The predicted molar refractivity (Wildman–Crippen MR) is 112 cm³/mol. The van der Waals surface area contributed by atoms with Crippen LogP contribution >= 0.6 is 0 Å². The largest absolute Gasteiger partial charge is 0.458 e. The van der Waals surface area contributed by atoms with E-state index in [-0.39, 0.29) is 12.3 Å². The molecule has 0 aromatic carbocycles. The fraction of sp³-hybridized carbons (Fsp3) is 0.870. The molecule has 8 unspecified atom stereocenters. The zero-order valence-electron chi connectivity index (χ0n) is 20.0. The lowest BCUT2D eigenvalue weighted by molar-refractivity contribution is -0.362. The number of hydrogen-bond donors (Lipinski definition) is 1. The van der Waals surface area contributed by atoms with E-state index in [4.69, 9.17) is 14.0 Å². The average molecular weight is 590 g/mol. The second kappa shape index (κ2) is 8.01. The molecule has 39 heavy (non-hydrogen) atoms. The summed E-state index contributed by atoms with van der Waals surface area (Å²) in [6, 6.07) is 0. The molecule has 7 aliphatic rings. The minimum absolute atomic E-state index is 0.0518. The second-order valence-corrected chi connectivity index (χ2v) is 13.5.